The number of nitrogens with two attached hydrogens (primary N) is 1. The molecule has 4 nitrogen and oxygen atoms in total. The van der Waals surface area contributed by atoms with Crippen molar-refractivity contribution in [2.75, 3.05) is 5.73 Å². The highest BCUT2D eigenvalue weighted by Gasteiger charge is 2.16. The summed E-state index contributed by atoms with van der Waals surface area (Å²) in [5.74, 6) is 0.332. The topological polar surface area (TPSA) is 57.0 Å². The third-order valence-electron chi connectivity index (χ3n) is 3.24. The first-order valence-corrected chi connectivity index (χ1v) is 6.34. The molecular weight excluding hydrogens is 294 g/mol. The van der Waals surface area contributed by atoms with Gasteiger partial charge in [-0.25, -0.2) is 0 Å². The van der Waals surface area contributed by atoms with Crippen LogP contribution < -0.4 is 5.73 Å². The Hall–Kier alpha value is -1.75. The zero-order chi connectivity index (χ0) is 12.9. The number of benzene rings is 1. The van der Waals surface area contributed by atoms with E-state index >= 15 is 0 Å². The van der Waals surface area contributed by atoms with Gasteiger partial charge in [0.05, 0.1) is 0 Å². The van der Waals surface area contributed by atoms with Crippen LogP contribution in [-0.4, -0.2) is 9.72 Å². The monoisotopic (exact) mass is 305 g/mol. The summed E-state index contributed by atoms with van der Waals surface area (Å²) < 4.78 is 8.16. The highest BCUT2D eigenvalue weighted by atomic mass is 79.9. The first-order valence-electron chi connectivity index (χ1n) is 5.55. The number of halogens is 1. The highest BCUT2D eigenvalue weighted by molar-refractivity contribution is 9.10. The summed E-state index contributed by atoms with van der Waals surface area (Å²) >= 11 is 3.49. The van der Waals surface area contributed by atoms with Gasteiger partial charge >= 0.3 is 0 Å². The van der Waals surface area contributed by atoms with E-state index in [1.165, 1.54) is 0 Å². The maximum absolute atomic E-state index is 5.60. The van der Waals surface area contributed by atoms with Crippen LogP contribution in [0.1, 0.15) is 5.69 Å². The molecule has 0 aliphatic rings. The molecule has 0 atom stereocenters. The van der Waals surface area contributed by atoms with Crippen LogP contribution in [0, 0.1) is 6.92 Å². The number of hydrogen-bond donors (Lipinski definition) is 1. The Labute approximate surface area is 112 Å². The van der Waals surface area contributed by atoms with Gasteiger partial charge in [-0.2, -0.15) is 0 Å². The highest BCUT2D eigenvalue weighted by Crippen LogP contribution is 2.35. The lowest BCUT2D eigenvalue weighted by Crippen LogP contribution is -1.90. The normalized spacial score (nSPS) is 11.3. The Balaban J connectivity index is 2.39. The third-order valence-corrected chi connectivity index (χ3v) is 3.73. The molecule has 92 valence electrons. The molecule has 0 fully saturated rings. The summed E-state index contributed by atoms with van der Waals surface area (Å²) in [7, 11) is 2.04. The second-order valence-electron chi connectivity index (χ2n) is 4.30. The predicted molar refractivity (Wildman–Crippen MR) is 75.3 cm³/mol. The van der Waals surface area contributed by atoms with Crippen LogP contribution in [0.5, 0.6) is 0 Å². The van der Waals surface area contributed by atoms with Crippen molar-refractivity contribution in [1.29, 1.82) is 0 Å². The van der Waals surface area contributed by atoms with Gasteiger partial charge in [-0.3, -0.25) is 0 Å². The van der Waals surface area contributed by atoms with E-state index in [0.29, 0.717) is 5.88 Å². The lowest BCUT2D eigenvalue weighted by atomic mass is 10.1. The Morgan fingerprint density at radius 2 is 2.11 bits per heavy atom. The van der Waals surface area contributed by atoms with E-state index in [9.17, 15) is 0 Å². The van der Waals surface area contributed by atoms with Crippen LogP contribution in [0.25, 0.3) is 22.2 Å². The van der Waals surface area contributed by atoms with Crippen LogP contribution in [-0.2, 0) is 7.05 Å². The maximum atomic E-state index is 5.60. The van der Waals surface area contributed by atoms with E-state index in [-0.39, 0.29) is 0 Å². The molecule has 18 heavy (non-hydrogen) atoms. The minimum Gasteiger partial charge on any atom is -0.368 e. The standard InChI is InChI=1S/C13H12BrN3O/c1-7-13(10-6-12(15)18-16-10)9-4-3-8(14)5-11(9)17(7)2/h3-6H,15H2,1-2H3. The summed E-state index contributed by atoms with van der Waals surface area (Å²) in [6, 6.07) is 7.94. The second kappa shape index (κ2) is 3.88. The van der Waals surface area contributed by atoms with Crippen molar-refractivity contribution in [3.8, 4) is 11.3 Å². The molecule has 0 saturated heterocycles. The zero-order valence-electron chi connectivity index (χ0n) is 10.1. The fourth-order valence-electron chi connectivity index (χ4n) is 2.27. The van der Waals surface area contributed by atoms with E-state index < -0.39 is 0 Å². The number of fused-ring (bicyclic) bond motifs is 1. The van der Waals surface area contributed by atoms with Crippen LogP contribution in [0.4, 0.5) is 5.88 Å². The van der Waals surface area contributed by atoms with Gasteiger partial charge in [0.15, 0.2) is 0 Å². The number of nitrogen functional groups attached to an aromatic ring is 1. The lowest BCUT2D eigenvalue weighted by Gasteiger charge is -1.98. The van der Waals surface area contributed by atoms with Crippen LogP contribution in [0.15, 0.2) is 33.3 Å². The molecule has 1 aromatic carbocycles. The summed E-state index contributed by atoms with van der Waals surface area (Å²) in [6.45, 7) is 2.06. The van der Waals surface area contributed by atoms with Gasteiger partial charge in [-0.1, -0.05) is 27.2 Å². The first-order chi connectivity index (χ1) is 8.58. The van der Waals surface area contributed by atoms with Gasteiger partial charge in [0.25, 0.3) is 0 Å². The zero-order valence-corrected chi connectivity index (χ0v) is 11.7. The smallest absolute Gasteiger partial charge is 0.222 e. The second-order valence-corrected chi connectivity index (χ2v) is 5.21. The lowest BCUT2D eigenvalue weighted by molar-refractivity contribution is 0.439. The largest absolute Gasteiger partial charge is 0.368 e. The number of nitrogens with zero attached hydrogens (tertiary/aromatic N) is 2. The van der Waals surface area contributed by atoms with Gasteiger partial charge in [-0.05, 0) is 19.1 Å². The fourth-order valence-corrected chi connectivity index (χ4v) is 2.62. The van der Waals surface area contributed by atoms with E-state index in [2.05, 4.69) is 44.7 Å². The number of rotatable bonds is 1. The number of anilines is 1. The van der Waals surface area contributed by atoms with Crippen LogP contribution in [0.3, 0.4) is 0 Å². The molecule has 0 aliphatic carbocycles. The van der Waals surface area contributed by atoms with Gasteiger partial charge in [0.2, 0.25) is 5.88 Å². The molecule has 3 rings (SSSR count). The van der Waals surface area contributed by atoms with Crippen molar-refractivity contribution >= 4 is 32.7 Å². The van der Waals surface area contributed by atoms with E-state index in [1.807, 2.05) is 13.1 Å². The van der Waals surface area contributed by atoms with Gasteiger partial charge in [-0.15, -0.1) is 0 Å². The van der Waals surface area contributed by atoms with Crippen molar-refractivity contribution < 1.29 is 4.52 Å². The van der Waals surface area contributed by atoms with Crippen molar-refractivity contribution in [3.05, 3.63) is 34.4 Å². The molecule has 3 aromatic rings. The van der Waals surface area contributed by atoms with Crippen LogP contribution >= 0.6 is 15.9 Å². The van der Waals surface area contributed by atoms with Crippen molar-refractivity contribution in [3.63, 3.8) is 0 Å². The summed E-state index contributed by atoms with van der Waals surface area (Å²) in [6.07, 6.45) is 0. The Kier molecular flexibility index (Phi) is 2.45. The molecule has 0 aliphatic heterocycles. The van der Waals surface area contributed by atoms with Gasteiger partial charge in [0.1, 0.15) is 5.69 Å². The average molecular weight is 306 g/mol. The minimum absolute atomic E-state index is 0.332. The Morgan fingerprint density at radius 1 is 1.33 bits per heavy atom. The average Bonchev–Trinajstić information content (AvgIpc) is 2.85. The van der Waals surface area contributed by atoms with Gasteiger partial charge in [0, 0.05) is 39.7 Å². The molecule has 0 saturated carbocycles. The molecule has 0 unspecified atom stereocenters. The Bertz CT molecular complexity index is 742. The number of hydrogen-bond acceptors (Lipinski definition) is 3. The van der Waals surface area contributed by atoms with E-state index in [0.717, 1.165) is 32.3 Å². The first kappa shape index (κ1) is 11.3. The third kappa shape index (κ3) is 1.54. The number of aromatic nitrogens is 2. The van der Waals surface area contributed by atoms with E-state index in [1.54, 1.807) is 6.07 Å². The summed E-state index contributed by atoms with van der Waals surface area (Å²) in [5.41, 5.74) is 9.73. The van der Waals surface area contributed by atoms with Gasteiger partial charge < -0.3 is 14.8 Å². The van der Waals surface area contributed by atoms with Crippen molar-refractivity contribution in [1.82, 2.24) is 9.72 Å². The maximum Gasteiger partial charge on any atom is 0.222 e. The summed E-state index contributed by atoms with van der Waals surface area (Å²) in [4.78, 5) is 0. The molecule has 2 N–H and O–H groups in total. The number of aryl methyl sites for hydroxylation is 1. The molecule has 0 radical (unpaired) electrons. The predicted octanol–water partition coefficient (Wildman–Crippen LogP) is 3.49. The molecular formula is C13H12BrN3O. The van der Waals surface area contributed by atoms with Crippen molar-refractivity contribution in [2.24, 2.45) is 7.05 Å². The SMILES string of the molecule is Cc1c(-c2cc(N)on2)c2ccc(Br)cc2n1C. The fraction of sp³-hybridized carbons (Fsp3) is 0.154. The molecule has 0 amide bonds. The minimum atomic E-state index is 0.332. The van der Waals surface area contributed by atoms with Crippen molar-refractivity contribution in [2.45, 2.75) is 6.92 Å². The quantitative estimate of drug-likeness (QED) is 0.749. The molecule has 0 spiro atoms. The molecule has 2 aromatic heterocycles. The Morgan fingerprint density at radius 3 is 2.78 bits per heavy atom. The summed E-state index contributed by atoms with van der Waals surface area (Å²) in [5, 5.41) is 5.15. The molecule has 2 heterocycles. The molecule has 5 heteroatoms. The molecule has 0 bridgehead atoms. The van der Waals surface area contributed by atoms with E-state index in [4.69, 9.17) is 10.3 Å². The van der Waals surface area contributed by atoms with Crippen LogP contribution in [0.2, 0.25) is 0 Å².